The molecule has 0 bridgehead atoms. The number of hydrogen-bond donors (Lipinski definition) is 0. The molecule has 2 nitrogen and oxygen atoms in total. The number of hydrogen-bond acceptors (Lipinski definition) is 2. The average molecular weight is 180 g/mol. The van der Waals surface area contributed by atoms with Gasteiger partial charge < -0.3 is 0 Å². The molecule has 2 heteroatoms. The summed E-state index contributed by atoms with van der Waals surface area (Å²) in [6.07, 6.45) is 6.69. The molecule has 2 rings (SSSR count). The van der Waals surface area contributed by atoms with Gasteiger partial charge in [-0.15, -0.1) is 0 Å². The van der Waals surface area contributed by atoms with E-state index in [1.165, 1.54) is 25.7 Å². The summed E-state index contributed by atoms with van der Waals surface area (Å²) in [6.45, 7) is 0. The van der Waals surface area contributed by atoms with Gasteiger partial charge in [0.25, 0.3) is 0 Å². The Morgan fingerprint density at radius 1 is 1.00 bits per heavy atom. The normalized spacial score (nSPS) is 31.2. The molecule has 0 N–H and O–H groups in total. The topological polar surface area (TPSA) is 34.1 Å². The lowest BCUT2D eigenvalue weighted by Crippen LogP contribution is -2.29. The van der Waals surface area contributed by atoms with Crippen LogP contribution in [-0.2, 0) is 9.59 Å². The van der Waals surface area contributed by atoms with Crippen LogP contribution in [0.4, 0.5) is 0 Å². The number of carbonyl (C=O) groups is 2. The average Bonchev–Trinajstić information content (AvgIpc) is 2.56. The first-order chi connectivity index (χ1) is 6.27. The van der Waals surface area contributed by atoms with Gasteiger partial charge in [0.15, 0.2) is 0 Å². The zero-order chi connectivity index (χ0) is 9.26. The SMILES string of the molecule is O=C1CCC(C2CCCC2)C(=O)C1. The third kappa shape index (κ3) is 1.82. The monoisotopic (exact) mass is 180 g/mol. The van der Waals surface area contributed by atoms with Crippen molar-refractivity contribution in [3.63, 3.8) is 0 Å². The lowest BCUT2D eigenvalue weighted by atomic mass is 9.78. The third-order valence-electron chi connectivity index (χ3n) is 3.49. The van der Waals surface area contributed by atoms with Crippen LogP contribution in [0.5, 0.6) is 0 Å². The summed E-state index contributed by atoms with van der Waals surface area (Å²) in [5.74, 6) is 1.23. The lowest BCUT2D eigenvalue weighted by Gasteiger charge is -2.25. The maximum absolute atomic E-state index is 11.6. The zero-order valence-electron chi connectivity index (χ0n) is 7.92. The highest BCUT2D eigenvalue weighted by Gasteiger charge is 2.34. The fourth-order valence-corrected chi connectivity index (χ4v) is 2.75. The molecule has 0 spiro atoms. The quantitative estimate of drug-likeness (QED) is 0.579. The Morgan fingerprint density at radius 3 is 2.31 bits per heavy atom. The molecule has 2 fully saturated rings. The Morgan fingerprint density at radius 2 is 1.69 bits per heavy atom. The van der Waals surface area contributed by atoms with E-state index in [9.17, 15) is 9.59 Å². The van der Waals surface area contributed by atoms with Crippen molar-refractivity contribution in [1.29, 1.82) is 0 Å². The summed E-state index contributed by atoms with van der Waals surface area (Å²) in [4.78, 5) is 22.6. The predicted molar refractivity (Wildman–Crippen MR) is 49.3 cm³/mol. The molecule has 0 saturated heterocycles. The highest BCUT2D eigenvalue weighted by Crippen LogP contribution is 2.36. The molecular weight excluding hydrogens is 164 g/mol. The van der Waals surface area contributed by atoms with E-state index in [0.717, 1.165) is 6.42 Å². The second-order valence-corrected chi connectivity index (χ2v) is 4.37. The van der Waals surface area contributed by atoms with Crippen LogP contribution in [0, 0.1) is 11.8 Å². The number of rotatable bonds is 1. The van der Waals surface area contributed by atoms with Gasteiger partial charge in [0.2, 0.25) is 0 Å². The van der Waals surface area contributed by atoms with E-state index in [-0.39, 0.29) is 23.9 Å². The first-order valence-corrected chi connectivity index (χ1v) is 5.32. The van der Waals surface area contributed by atoms with Crippen LogP contribution in [0.25, 0.3) is 0 Å². The first-order valence-electron chi connectivity index (χ1n) is 5.32. The van der Waals surface area contributed by atoms with Crippen molar-refractivity contribution in [3.05, 3.63) is 0 Å². The van der Waals surface area contributed by atoms with Gasteiger partial charge in [-0.05, 0) is 25.2 Å². The summed E-state index contributed by atoms with van der Waals surface area (Å²) in [6, 6.07) is 0. The second-order valence-electron chi connectivity index (χ2n) is 4.37. The van der Waals surface area contributed by atoms with Crippen LogP contribution in [0.2, 0.25) is 0 Å². The molecule has 13 heavy (non-hydrogen) atoms. The van der Waals surface area contributed by atoms with Crippen LogP contribution in [-0.4, -0.2) is 11.6 Å². The van der Waals surface area contributed by atoms with Gasteiger partial charge in [-0.1, -0.05) is 12.8 Å². The van der Waals surface area contributed by atoms with Crippen LogP contribution < -0.4 is 0 Å². The van der Waals surface area contributed by atoms with Crippen molar-refractivity contribution in [2.75, 3.05) is 0 Å². The van der Waals surface area contributed by atoms with E-state index in [2.05, 4.69) is 0 Å². The summed E-state index contributed by atoms with van der Waals surface area (Å²) < 4.78 is 0. The molecule has 0 aromatic heterocycles. The molecule has 1 atom stereocenters. The molecule has 72 valence electrons. The van der Waals surface area contributed by atoms with Crippen LogP contribution in [0.1, 0.15) is 44.9 Å². The summed E-state index contributed by atoms with van der Waals surface area (Å²) in [7, 11) is 0. The Bertz CT molecular complexity index is 226. The minimum atomic E-state index is 0.152. The molecule has 0 radical (unpaired) electrons. The molecule has 0 amide bonds. The van der Waals surface area contributed by atoms with Crippen molar-refractivity contribution in [2.24, 2.45) is 11.8 Å². The van der Waals surface area contributed by atoms with Gasteiger partial charge in [-0.25, -0.2) is 0 Å². The second kappa shape index (κ2) is 3.60. The molecule has 0 aliphatic heterocycles. The Hall–Kier alpha value is -0.660. The van der Waals surface area contributed by atoms with Gasteiger partial charge >= 0.3 is 0 Å². The number of ketones is 2. The van der Waals surface area contributed by atoms with E-state index in [1.54, 1.807) is 0 Å². The van der Waals surface area contributed by atoms with Crippen molar-refractivity contribution < 1.29 is 9.59 Å². The molecular formula is C11H16O2. The predicted octanol–water partition coefficient (Wildman–Crippen LogP) is 2.11. The maximum atomic E-state index is 11.6. The van der Waals surface area contributed by atoms with E-state index in [1.807, 2.05) is 0 Å². The summed E-state index contributed by atoms with van der Waals surface area (Å²) in [5, 5.41) is 0. The van der Waals surface area contributed by atoms with E-state index < -0.39 is 0 Å². The molecule has 2 aliphatic rings. The number of carbonyl (C=O) groups excluding carboxylic acids is 2. The minimum Gasteiger partial charge on any atom is -0.299 e. The van der Waals surface area contributed by atoms with Gasteiger partial charge in [-0.3, -0.25) is 9.59 Å². The fourth-order valence-electron chi connectivity index (χ4n) is 2.75. The molecule has 0 aromatic rings. The van der Waals surface area contributed by atoms with Crippen molar-refractivity contribution >= 4 is 11.6 Å². The van der Waals surface area contributed by atoms with Gasteiger partial charge in [0.1, 0.15) is 11.6 Å². The molecule has 0 aromatic carbocycles. The number of Topliss-reactive ketones (excluding diaryl/α,β-unsaturated/α-hetero) is 2. The fraction of sp³-hybridized carbons (Fsp3) is 0.818. The molecule has 2 saturated carbocycles. The molecule has 0 heterocycles. The summed E-state index contributed by atoms with van der Waals surface area (Å²) in [5.41, 5.74) is 0. The van der Waals surface area contributed by atoms with Crippen LogP contribution in [0.15, 0.2) is 0 Å². The zero-order valence-corrected chi connectivity index (χ0v) is 7.92. The smallest absolute Gasteiger partial charge is 0.143 e. The highest BCUT2D eigenvalue weighted by molar-refractivity contribution is 6.02. The van der Waals surface area contributed by atoms with Crippen LogP contribution >= 0.6 is 0 Å². The van der Waals surface area contributed by atoms with E-state index in [0.29, 0.717) is 12.3 Å². The van der Waals surface area contributed by atoms with E-state index >= 15 is 0 Å². The van der Waals surface area contributed by atoms with Crippen LogP contribution in [0.3, 0.4) is 0 Å². The Labute approximate surface area is 78.7 Å². The molecule has 2 aliphatic carbocycles. The highest BCUT2D eigenvalue weighted by atomic mass is 16.1. The minimum absolute atomic E-state index is 0.152. The maximum Gasteiger partial charge on any atom is 0.143 e. The largest absolute Gasteiger partial charge is 0.299 e. The van der Waals surface area contributed by atoms with Gasteiger partial charge in [0.05, 0.1) is 6.42 Å². The lowest BCUT2D eigenvalue weighted by molar-refractivity contribution is -0.134. The standard InChI is InChI=1S/C11H16O2/c12-9-5-6-10(11(13)7-9)8-3-1-2-4-8/h8,10H,1-7H2. The van der Waals surface area contributed by atoms with Gasteiger partial charge in [-0.2, -0.15) is 0 Å². The van der Waals surface area contributed by atoms with Crippen molar-refractivity contribution in [3.8, 4) is 0 Å². The molecule has 1 unspecified atom stereocenters. The van der Waals surface area contributed by atoms with Crippen molar-refractivity contribution in [2.45, 2.75) is 44.9 Å². The Kier molecular flexibility index (Phi) is 2.47. The van der Waals surface area contributed by atoms with Gasteiger partial charge in [0, 0.05) is 12.3 Å². The van der Waals surface area contributed by atoms with Crippen molar-refractivity contribution in [1.82, 2.24) is 0 Å². The third-order valence-corrected chi connectivity index (χ3v) is 3.49. The summed E-state index contributed by atoms with van der Waals surface area (Å²) >= 11 is 0. The Balaban J connectivity index is 1.98. The first kappa shape index (κ1) is 8.92. The van der Waals surface area contributed by atoms with E-state index in [4.69, 9.17) is 0 Å².